The summed E-state index contributed by atoms with van der Waals surface area (Å²) in [5, 5.41) is 14.4. The summed E-state index contributed by atoms with van der Waals surface area (Å²) in [6.07, 6.45) is 2.18. The molecule has 1 saturated heterocycles. The Balaban J connectivity index is 1.55. The van der Waals surface area contributed by atoms with Crippen LogP contribution in [-0.2, 0) is 9.59 Å². The second kappa shape index (κ2) is 9.70. The molecule has 3 rings (SSSR count). The molecule has 1 atom stereocenters. The Morgan fingerprint density at radius 3 is 2.33 bits per heavy atom. The minimum atomic E-state index is -0.353. The largest absolute Gasteiger partial charge is 0.342 e. The van der Waals surface area contributed by atoms with E-state index in [9.17, 15) is 14.4 Å². The molecule has 1 aliphatic rings. The van der Waals surface area contributed by atoms with Crippen molar-refractivity contribution < 1.29 is 14.4 Å². The molecule has 0 radical (unpaired) electrons. The van der Waals surface area contributed by atoms with E-state index in [1.807, 2.05) is 6.07 Å². The van der Waals surface area contributed by atoms with Gasteiger partial charge in [-0.05, 0) is 55.0 Å². The van der Waals surface area contributed by atoms with Crippen LogP contribution >= 0.6 is 0 Å². The molecule has 2 N–H and O–H groups in total. The zero-order valence-corrected chi connectivity index (χ0v) is 16.9. The maximum atomic E-state index is 12.5. The number of likely N-dealkylation sites (tertiary alicyclic amines) is 1. The molecule has 1 fully saturated rings. The number of hydrogen-bond acceptors (Lipinski definition) is 4. The third kappa shape index (κ3) is 5.23. The fourth-order valence-electron chi connectivity index (χ4n) is 3.29. The van der Waals surface area contributed by atoms with Crippen LogP contribution in [0.15, 0.2) is 48.5 Å². The van der Waals surface area contributed by atoms with Crippen molar-refractivity contribution in [1.82, 2.24) is 4.90 Å². The van der Waals surface area contributed by atoms with Crippen LogP contribution in [0.25, 0.3) is 0 Å². The van der Waals surface area contributed by atoms with Crippen LogP contribution in [0.5, 0.6) is 0 Å². The quantitative estimate of drug-likeness (QED) is 0.738. The summed E-state index contributed by atoms with van der Waals surface area (Å²) in [5.41, 5.74) is 2.13. The zero-order valence-electron chi connectivity index (χ0n) is 16.9. The Morgan fingerprint density at radius 1 is 1.07 bits per heavy atom. The molecule has 1 heterocycles. The number of benzene rings is 2. The van der Waals surface area contributed by atoms with Gasteiger partial charge in [0.1, 0.15) is 0 Å². The van der Waals surface area contributed by atoms with Gasteiger partial charge in [0.15, 0.2) is 0 Å². The number of nitrogens with one attached hydrogen (secondary N) is 2. The second-order valence-electron chi connectivity index (χ2n) is 7.30. The van der Waals surface area contributed by atoms with Crippen molar-refractivity contribution in [3.8, 4) is 6.07 Å². The summed E-state index contributed by atoms with van der Waals surface area (Å²) < 4.78 is 0. The Morgan fingerprint density at radius 2 is 1.70 bits per heavy atom. The topological polar surface area (TPSA) is 102 Å². The summed E-state index contributed by atoms with van der Waals surface area (Å²) in [4.78, 5) is 38.7. The third-order valence-corrected chi connectivity index (χ3v) is 5.05. The van der Waals surface area contributed by atoms with Gasteiger partial charge in [-0.15, -0.1) is 0 Å². The van der Waals surface area contributed by atoms with Gasteiger partial charge < -0.3 is 15.5 Å². The lowest BCUT2D eigenvalue weighted by Crippen LogP contribution is -2.29. The van der Waals surface area contributed by atoms with Gasteiger partial charge in [0, 0.05) is 36.4 Å². The Bertz CT molecular complexity index is 961. The lowest BCUT2D eigenvalue weighted by Gasteiger charge is -2.16. The highest BCUT2D eigenvalue weighted by Gasteiger charge is 2.33. The number of amides is 3. The molecule has 2 aromatic carbocycles. The monoisotopic (exact) mass is 404 g/mol. The van der Waals surface area contributed by atoms with Crippen molar-refractivity contribution in [2.24, 2.45) is 5.92 Å². The first-order valence-electron chi connectivity index (χ1n) is 10.0. The van der Waals surface area contributed by atoms with Gasteiger partial charge in [-0.3, -0.25) is 14.4 Å². The number of anilines is 2. The number of rotatable bonds is 7. The molecular weight excluding hydrogens is 380 g/mol. The van der Waals surface area contributed by atoms with E-state index in [2.05, 4.69) is 17.6 Å². The molecule has 30 heavy (non-hydrogen) atoms. The predicted octanol–water partition coefficient (Wildman–Crippen LogP) is 3.40. The molecule has 1 aliphatic heterocycles. The molecular formula is C23H24N4O3. The lowest BCUT2D eigenvalue weighted by atomic mass is 10.1. The maximum Gasteiger partial charge on any atom is 0.255 e. The van der Waals surface area contributed by atoms with Crippen molar-refractivity contribution in [2.75, 3.05) is 23.7 Å². The highest BCUT2D eigenvalue weighted by atomic mass is 16.2. The van der Waals surface area contributed by atoms with E-state index in [0.29, 0.717) is 35.6 Å². The molecule has 7 nitrogen and oxygen atoms in total. The van der Waals surface area contributed by atoms with Crippen molar-refractivity contribution in [1.29, 1.82) is 5.26 Å². The van der Waals surface area contributed by atoms with E-state index >= 15 is 0 Å². The number of carbonyl (C=O) groups is 3. The van der Waals surface area contributed by atoms with Gasteiger partial charge in [0.05, 0.1) is 17.6 Å². The summed E-state index contributed by atoms with van der Waals surface area (Å²) in [7, 11) is 0. The molecule has 2 aromatic rings. The van der Waals surface area contributed by atoms with Gasteiger partial charge in [-0.25, -0.2) is 0 Å². The maximum absolute atomic E-state index is 12.5. The van der Waals surface area contributed by atoms with Crippen LogP contribution in [0, 0.1) is 17.2 Å². The molecule has 0 saturated carbocycles. The van der Waals surface area contributed by atoms with Crippen molar-refractivity contribution >= 4 is 29.1 Å². The van der Waals surface area contributed by atoms with E-state index in [-0.39, 0.29) is 30.1 Å². The summed E-state index contributed by atoms with van der Waals surface area (Å²) in [6.45, 7) is 3.22. The zero-order chi connectivity index (χ0) is 21.5. The molecule has 1 unspecified atom stereocenters. The molecule has 0 aliphatic carbocycles. The van der Waals surface area contributed by atoms with Gasteiger partial charge in [-0.2, -0.15) is 5.26 Å². The first kappa shape index (κ1) is 21.1. The van der Waals surface area contributed by atoms with E-state index in [4.69, 9.17) is 5.26 Å². The van der Waals surface area contributed by atoms with Crippen LogP contribution in [0.1, 0.15) is 42.1 Å². The number of carbonyl (C=O) groups excluding carboxylic acids is 3. The van der Waals surface area contributed by atoms with Crippen molar-refractivity contribution in [3.05, 3.63) is 59.7 Å². The van der Waals surface area contributed by atoms with Crippen molar-refractivity contribution in [3.63, 3.8) is 0 Å². The van der Waals surface area contributed by atoms with Gasteiger partial charge >= 0.3 is 0 Å². The smallest absolute Gasteiger partial charge is 0.255 e. The summed E-state index contributed by atoms with van der Waals surface area (Å²) in [5.74, 6) is -0.796. The summed E-state index contributed by atoms with van der Waals surface area (Å²) in [6, 6.07) is 15.2. The average molecular weight is 404 g/mol. The SMILES string of the molecule is CCCCN1CC(C(=O)Nc2ccc(C(=O)Nc3ccc(C#N)cc3)cc2)CC1=O. The van der Waals surface area contributed by atoms with Gasteiger partial charge in [-0.1, -0.05) is 13.3 Å². The minimum absolute atomic E-state index is 0.0263. The van der Waals surface area contributed by atoms with Crippen LogP contribution in [0.2, 0.25) is 0 Å². The number of unbranched alkanes of at least 4 members (excludes halogenated alkanes) is 1. The Labute approximate surface area is 175 Å². The van der Waals surface area contributed by atoms with Gasteiger partial charge in [0.25, 0.3) is 5.91 Å². The molecule has 0 bridgehead atoms. The Kier molecular flexibility index (Phi) is 6.81. The van der Waals surface area contributed by atoms with Crippen LogP contribution in [0.3, 0.4) is 0 Å². The highest BCUT2D eigenvalue weighted by Crippen LogP contribution is 2.21. The van der Waals surface area contributed by atoms with Crippen LogP contribution in [0.4, 0.5) is 11.4 Å². The molecule has 154 valence electrons. The van der Waals surface area contributed by atoms with Gasteiger partial charge in [0.2, 0.25) is 11.8 Å². The highest BCUT2D eigenvalue weighted by molar-refractivity contribution is 6.05. The molecule has 0 aromatic heterocycles. The molecule has 0 spiro atoms. The molecule has 7 heteroatoms. The van der Waals surface area contributed by atoms with Crippen LogP contribution < -0.4 is 10.6 Å². The van der Waals surface area contributed by atoms with Crippen molar-refractivity contribution in [2.45, 2.75) is 26.2 Å². The first-order valence-corrected chi connectivity index (χ1v) is 10.0. The fourth-order valence-corrected chi connectivity index (χ4v) is 3.29. The number of nitrogens with zero attached hydrogens (tertiary/aromatic N) is 2. The van der Waals surface area contributed by atoms with E-state index in [1.54, 1.807) is 53.4 Å². The van der Waals surface area contributed by atoms with E-state index in [0.717, 1.165) is 12.8 Å². The normalized spacial score (nSPS) is 15.5. The Hall–Kier alpha value is -3.66. The third-order valence-electron chi connectivity index (χ3n) is 5.05. The van der Waals surface area contributed by atoms with E-state index < -0.39 is 0 Å². The predicted molar refractivity (Wildman–Crippen MR) is 114 cm³/mol. The molecule has 3 amide bonds. The van der Waals surface area contributed by atoms with E-state index in [1.165, 1.54) is 0 Å². The average Bonchev–Trinajstić information content (AvgIpc) is 3.14. The van der Waals surface area contributed by atoms with Crippen LogP contribution in [-0.4, -0.2) is 35.7 Å². The number of hydrogen-bond donors (Lipinski definition) is 2. The minimum Gasteiger partial charge on any atom is -0.342 e. The lowest BCUT2D eigenvalue weighted by molar-refractivity contribution is -0.128. The first-order chi connectivity index (χ1) is 14.5. The standard InChI is InChI=1S/C23H24N4O3/c1-2-3-12-27-15-18(13-21(27)28)23(30)26-20-10-6-17(7-11-20)22(29)25-19-8-4-16(14-24)5-9-19/h4-11,18H,2-3,12-13,15H2,1H3,(H,25,29)(H,26,30). The second-order valence-corrected chi connectivity index (χ2v) is 7.30. The number of nitriles is 1. The fraction of sp³-hybridized carbons (Fsp3) is 0.304. The summed E-state index contributed by atoms with van der Waals surface area (Å²) >= 11 is 0.